The quantitative estimate of drug-likeness (QED) is 0.866. The van der Waals surface area contributed by atoms with Crippen molar-refractivity contribution in [3.8, 4) is 0 Å². The van der Waals surface area contributed by atoms with Gasteiger partial charge in [-0.2, -0.15) is 0 Å². The lowest BCUT2D eigenvalue weighted by Gasteiger charge is -2.22. The highest BCUT2D eigenvalue weighted by molar-refractivity contribution is 9.10. The molecule has 19 heavy (non-hydrogen) atoms. The fraction of sp³-hybridized carbons (Fsp3) is 0.600. The molecule has 0 heterocycles. The minimum atomic E-state index is -0.521. The third-order valence-electron chi connectivity index (χ3n) is 2.65. The minimum Gasteiger partial charge on any atom is -0.389 e. The van der Waals surface area contributed by atoms with Crippen LogP contribution in [0.3, 0.4) is 0 Å². The Morgan fingerprint density at radius 2 is 1.95 bits per heavy atom. The van der Waals surface area contributed by atoms with Gasteiger partial charge in [-0.25, -0.2) is 0 Å². The molecule has 0 spiro atoms. The lowest BCUT2D eigenvalue weighted by Crippen LogP contribution is -2.30. The summed E-state index contributed by atoms with van der Waals surface area (Å²) in [5, 5.41) is 13.2. The molecular formula is C15H24BrNO2. The number of benzene rings is 1. The lowest BCUT2D eigenvalue weighted by atomic mass is 10.1. The molecule has 0 bridgehead atoms. The van der Waals surface area contributed by atoms with Gasteiger partial charge in [0.25, 0.3) is 0 Å². The molecule has 3 nitrogen and oxygen atoms in total. The van der Waals surface area contributed by atoms with E-state index in [-0.39, 0.29) is 5.60 Å². The van der Waals surface area contributed by atoms with Crippen LogP contribution in [0.4, 0.5) is 5.69 Å². The standard InChI is InChI=1S/C15H24BrNO2/c1-10-6-11(2)14(13(16)7-10)17-8-12(18)9-19-15(3,4)5/h6-7,12,17-18H,8-9H2,1-5H3. The minimum absolute atomic E-state index is 0.221. The number of hydrogen-bond acceptors (Lipinski definition) is 3. The zero-order valence-corrected chi connectivity index (χ0v) is 14.0. The van der Waals surface area contributed by atoms with Gasteiger partial charge >= 0.3 is 0 Å². The summed E-state index contributed by atoms with van der Waals surface area (Å²) < 4.78 is 6.58. The molecule has 1 rings (SSSR count). The van der Waals surface area contributed by atoms with Gasteiger partial charge in [0, 0.05) is 11.0 Å². The van der Waals surface area contributed by atoms with Gasteiger partial charge in [0.1, 0.15) is 0 Å². The van der Waals surface area contributed by atoms with Gasteiger partial charge in [-0.15, -0.1) is 0 Å². The summed E-state index contributed by atoms with van der Waals surface area (Å²) in [6.07, 6.45) is -0.521. The number of hydrogen-bond donors (Lipinski definition) is 2. The summed E-state index contributed by atoms with van der Waals surface area (Å²) in [5.74, 6) is 0. The van der Waals surface area contributed by atoms with Crippen LogP contribution in [-0.4, -0.2) is 30.0 Å². The van der Waals surface area contributed by atoms with Crippen LogP contribution in [0.2, 0.25) is 0 Å². The molecule has 2 N–H and O–H groups in total. The molecule has 0 aliphatic heterocycles. The monoisotopic (exact) mass is 329 g/mol. The van der Waals surface area contributed by atoms with Crippen LogP contribution < -0.4 is 5.32 Å². The largest absolute Gasteiger partial charge is 0.389 e. The number of anilines is 1. The summed E-state index contributed by atoms with van der Waals surface area (Å²) in [6, 6.07) is 4.18. The Bertz CT molecular complexity index is 404. The molecular weight excluding hydrogens is 306 g/mol. The number of halogens is 1. The maximum Gasteiger partial charge on any atom is 0.0945 e. The molecule has 0 aliphatic rings. The van der Waals surface area contributed by atoms with E-state index in [2.05, 4.69) is 47.2 Å². The average molecular weight is 330 g/mol. The average Bonchev–Trinajstić information content (AvgIpc) is 2.23. The van der Waals surface area contributed by atoms with E-state index in [1.165, 1.54) is 5.56 Å². The van der Waals surface area contributed by atoms with Gasteiger partial charge in [0.2, 0.25) is 0 Å². The van der Waals surface area contributed by atoms with Crippen molar-refractivity contribution >= 4 is 21.6 Å². The van der Waals surface area contributed by atoms with Gasteiger partial charge in [-0.3, -0.25) is 0 Å². The molecule has 0 aromatic heterocycles. The van der Waals surface area contributed by atoms with E-state index in [0.717, 1.165) is 15.7 Å². The first kappa shape index (κ1) is 16.5. The number of aliphatic hydroxyl groups is 1. The molecule has 0 radical (unpaired) electrons. The molecule has 4 heteroatoms. The molecule has 1 aromatic rings. The van der Waals surface area contributed by atoms with E-state index >= 15 is 0 Å². The Labute approximate surface area is 124 Å². The summed E-state index contributed by atoms with van der Waals surface area (Å²) in [5.41, 5.74) is 3.18. The summed E-state index contributed by atoms with van der Waals surface area (Å²) >= 11 is 3.54. The van der Waals surface area contributed by atoms with Crippen molar-refractivity contribution < 1.29 is 9.84 Å². The summed E-state index contributed by atoms with van der Waals surface area (Å²) in [4.78, 5) is 0. The van der Waals surface area contributed by atoms with Crippen molar-refractivity contribution in [3.05, 3.63) is 27.7 Å². The molecule has 1 atom stereocenters. The first-order chi connectivity index (χ1) is 8.69. The van der Waals surface area contributed by atoms with Crippen molar-refractivity contribution in [2.75, 3.05) is 18.5 Å². The van der Waals surface area contributed by atoms with Crippen LogP contribution in [-0.2, 0) is 4.74 Å². The Morgan fingerprint density at radius 3 is 2.47 bits per heavy atom. The van der Waals surface area contributed by atoms with E-state index in [1.807, 2.05) is 20.8 Å². The molecule has 0 amide bonds. The first-order valence-electron chi connectivity index (χ1n) is 6.51. The first-order valence-corrected chi connectivity index (χ1v) is 7.31. The van der Waals surface area contributed by atoms with Crippen LogP contribution in [0.15, 0.2) is 16.6 Å². The van der Waals surface area contributed by atoms with Crippen molar-refractivity contribution in [2.24, 2.45) is 0 Å². The topological polar surface area (TPSA) is 41.5 Å². The van der Waals surface area contributed by atoms with Crippen LogP contribution in [0.25, 0.3) is 0 Å². The molecule has 1 aromatic carbocycles. The SMILES string of the molecule is Cc1cc(C)c(NCC(O)COC(C)(C)C)c(Br)c1. The number of rotatable bonds is 5. The van der Waals surface area contributed by atoms with Crippen LogP contribution in [0.1, 0.15) is 31.9 Å². The van der Waals surface area contributed by atoms with Gasteiger partial charge in [-0.05, 0) is 67.7 Å². The Morgan fingerprint density at radius 1 is 1.32 bits per heavy atom. The molecule has 0 aliphatic carbocycles. The zero-order chi connectivity index (χ0) is 14.6. The lowest BCUT2D eigenvalue weighted by molar-refractivity contribution is -0.0449. The normalized spacial score (nSPS) is 13.4. The predicted molar refractivity (Wildman–Crippen MR) is 83.8 cm³/mol. The molecule has 108 valence electrons. The number of aliphatic hydroxyl groups excluding tert-OH is 1. The third kappa shape index (κ3) is 5.93. The second-order valence-electron chi connectivity index (χ2n) is 5.90. The van der Waals surface area contributed by atoms with E-state index in [1.54, 1.807) is 0 Å². The molecule has 0 saturated carbocycles. The highest BCUT2D eigenvalue weighted by Crippen LogP contribution is 2.27. The second-order valence-corrected chi connectivity index (χ2v) is 6.75. The molecule has 0 saturated heterocycles. The van der Waals surface area contributed by atoms with Crippen molar-refractivity contribution in [1.29, 1.82) is 0 Å². The van der Waals surface area contributed by atoms with Gasteiger partial charge in [0.15, 0.2) is 0 Å². The Hall–Kier alpha value is -0.580. The second kappa shape index (κ2) is 6.73. The Kier molecular flexibility index (Phi) is 5.83. The van der Waals surface area contributed by atoms with Gasteiger partial charge in [-0.1, -0.05) is 6.07 Å². The fourth-order valence-corrected chi connectivity index (χ4v) is 2.58. The highest BCUT2D eigenvalue weighted by atomic mass is 79.9. The number of ether oxygens (including phenoxy) is 1. The number of aryl methyl sites for hydroxylation is 2. The van der Waals surface area contributed by atoms with Crippen LogP contribution in [0, 0.1) is 13.8 Å². The molecule has 0 fully saturated rings. The van der Waals surface area contributed by atoms with Gasteiger partial charge in [0.05, 0.1) is 24.0 Å². The smallest absolute Gasteiger partial charge is 0.0945 e. The predicted octanol–water partition coefficient (Wildman–Crippen LogP) is 3.65. The number of nitrogens with one attached hydrogen (secondary N) is 1. The highest BCUT2D eigenvalue weighted by Gasteiger charge is 2.14. The van der Waals surface area contributed by atoms with E-state index in [4.69, 9.17) is 4.74 Å². The van der Waals surface area contributed by atoms with E-state index in [0.29, 0.717) is 13.2 Å². The van der Waals surface area contributed by atoms with Gasteiger partial charge < -0.3 is 15.2 Å². The fourth-order valence-electron chi connectivity index (χ4n) is 1.76. The zero-order valence-electron chi connectivity index (χ0n) is 12.4. The van der Waals surface area contributed by atoms with E-state index in [9.17, 15) is 5.11 Å². The molecule has 1 unspecified atom stereocenters. The van der Waals surface area contributed by atoms with Crippen molar-refractivity contribution in [1.82, 2.24) is 0 Å². The Balaban J connectivity index is 2.53. The maximum atomic E-state index is 9.91. The van der Waals surface area contributed by atoms with Crippen LogP contribution in [0.5, 0.6) is 0 Å². The third-order valence-corrected chi connectivity index (χ3v) is 3.28. The maximum absolute atomic E-state index is 9.91. The van der Waals surface area contributed by atoms with Crippen molar-refractivity contribution in [3.63, 3.8) is 0 Å². The summed E-state index contributed by atoms with van der Waals surface area (Å²) in [7, 11) is 0. The van der Waals surface area contributed by atoms with Crippen LogP contribution >= 0.6 is 15.9 Å². The van der Waals surface area contributed by atoms with E-state index < -0.39 is 6.10 Å². The van der Waals surface area contributed by atoms with Crippen molar-refractivity contribution in [2.45, 2.75) is 46.3 Å². The summed E-state index contributed by atoms with van der Waals surface area (Å²) in [6.45, 7) is 10.9.